The Bertz CT molecular complexity index is 714. The number of nitrogens with zero attached hydrogens (tertiary/aromatic N) is 3. The average Bonchev–Trinajstić information content (AvgIpc) is 2.90. The highest BCUT2D eigenvalue weighted by Gasteiger charge is 2.28. The number of pyridine rings is 1. The maximum atomic E-state index is 9.85. The lowest BCUT2D eigenvalue weighted by molar-refractivity contribution is 0.0289. The topological polar surface area (TPSA) is 95.4 Å². The first-order chi connectivity index (χ1) is 11.4. The Hall–Kier alpha value is -1.70. The average molecular weight is 336 g/mol. The van der Waals surface area contributed by atoms with Gasteiger partial charge in [-0.1, -0.05) is 6.92 Å². The van der Waals surface area contributed by atoms with E-state index < -0.39 is 5.41 Å². The van der Waals surface area contributed by atoms with E-state index in [2.05, 4.69) is 14.5 Å². The summed E-state index contributed by atoms with van der Waals surface area (Å²) in [7, 11) is 1.64. The Balaban J connectivity index is 2.63. The van der Waals surface area contributed by atoms with Crippen molar-refractivity contribution >= 4 is 16.9 Å². The van der Waals surface area contributed by atoms with Crippen LogP contribution < -0.4 is 5.73 Å². The molecular formula is C17H28N4O3. The summed E-state index contributed by atoms with van der Waals surface area (Å²) in [5.74, 6) is 1.20. The predicted octanol–water partition coefficient (Wildman–Crippen LogP) is 1.81. The number of nitrogen functional groups attached to an aromatic ring is 1. The zero-order valence-electron chi connectivity index (χ0n) is 15.2. The molecule has 0 saturated heterocycles. The fourth-order valence-electron chi connectivity index (χ4n) is 2.89. The molecule has 2 aromatic rings. The van der Waals surface area contributed by atoms with E-state index in [-0.39, 0.29) is 6.61 Å². The zero-order valence-corrected chi connectivity index (χ0v) is 15.2. The fourth-order valence-corrected chi connectivity index (χ4v) is 2.89. The number of aromatic nitrogens is 3. The molecule has 0 aliphatic heterocycles. The van der Waals surface area contributed by atoms with Crippen LogP contribution in [0.1, 0.15) is 30.9 Å². The minimum Gasteiger partial charge on any atom is -0.396 e. The van der Waals surface area contributed by atoms with Gasteiger partial charge in [-0.15, -0.1) is 0 Å². The fraction of sp³-hybridized carbons (Fsp3) is 0.647. The third kappa shape index (κ3) is 3.53. The lowest BCUT2D eigenvalue weighted by Gasteiger charge is -2.28. The van der Waals surface area contributed by atoms with Gasteiger partial charge >= 0.3 is 0 Å². The third-order valence-electron chi connectivity index (χ3n) is 4.32. The molecule has 0 spiro atoms. The van der Waals surface area contributed by atoms with Crippen LogP contribution in [0.15, 0.2) is 0 Å². The molecule has 0 aliphatic rings. The molecule has 0 aromatic carbocycles. The van der Waals surface area contributed by atoms with E-state index in [9.17, 15) is 5.11 Å². The summed E-state index contributed by atoms with van der Waals surface area (Å²) in [6.07, 6.45) is 0. The van der Waals surface area contributed by atoms with Gasteiger partial charge in [0.25, 0.3) is 0 Å². The van der Waals surface area contributed by atoms with Crippen molar-refractivity contribution in [3.8, 4) is 0 Å². The van der Waals surface area contributed by atoms with E-state index in [0.29, 0.717) is 37.7 Å². The molecule has 2 heterocycles. The molecule has 134 valence electrons. The number of aliphatic hydroxyl groups excluding tert-OH is 1. The number of fused-ring (bicyclic) bond motifs is 1. The van der Waals surface area contributed by atoms with Gasteiger partial charge in [0.2, 0.25) is 0 Å². The first-order valence-electron chi connectivity index (χ1n) is 8.16. The third-order valence-corrected chi connectivity index (χ3v) is 4.32. The van der Waals surface area contributed by atoms with Gasteiger partial charge in [0.05, 0.1) is 18.7 Å². The monoisotopic (exact) mass is 336 g/mol. The van der Waals surface area contributed by atoms with E-state index in [4.69, 9.17) is 15.2 Å². The van der Waals surface area contributed by atoms with Crippen LogP contribution in [-0.4, -0.2) is 46.6 Å². The van der Waals surface area contributed by atoms with Crippen molar-refractivity contribution in [3.05, 3.63) is 17.1 Å². The maximum Gasteiger partial charge on any atom is 0.151 e. The molecule has 0 unspecified atom stereocenters. The molecule has 3 N–H and O–H groups in total. The van der Waals surface area contributed by atoms with Crippen molar-refractivity contribution in [3.63, 3.8) is 0 Å². The summed E-state index contributed by atoms with van der Waals surface area (Å²) in [4.78, 5) is 9.03. The van der Waals surface area contributed by atoms with Gasteiger partial charge in [0.15, 0.2) is 5.82 Å². The molecule has 7 nitrogen and oxygen atoms in total. The number of ether oxygens (including phenoxy) is 2. The highest BCUT2D eigenvalue weighted by molar-refractivity contribution is 5.88. The SMILES string of the molecule is CCOCc1nc2c(N)nc(C)c(C)c2n1C[C@@](C)(CO)COC. The molecule has 2 aromatic heterocycles. The van der Waals surface area contributed by atoms with E-state index >= 15 is 0 Å². The minimum atomic E-state index is -0.429. The molecule has 0 bridgehead atoms. The van der Waals surface area contributed by atoms with Crippen LogP contribution in [0.4, 0.5) is 5.82 Å². The van der Waals surface area contributed by atoms with Crippen LogP contribution >= 0.6 is 0 Å². The minimum absolute atomic E-state index is 0.00713. The molecule has 1 atom stereocenters. The van der Waals surface area contributed by atoms with Gasteiger partial charge in [-0.05, 0) is 26.3 Å². The van der Waals surface area contributed by atoms with E-state index in [1.165, 1.54) is 0 Å². The molecule has 0 fully saturated rings. The van der Waals surface area contributed by atoms with Crippen LogP contribution in [0.3, 0.4) is 0 Å². The zero-order chi connectivity index (χ0) is 17.9. The standard InChI is InChI=1S/C17H28N4O3/c1-6-24-7-13-20-14-15(11(2)12(3)19-16(14)18)21(13)8-17(4,9-22)10-23-5/h22H,6-10H2,1-5H3,(H2,18,19)/t17-/m0/s1. The van der Waals surface area contributed by atoms with Crippen molar-refractivity contribution in [2.75, 3.05) is 32.7 Å². The highest BCUT2D eigenvalue weighted by Crippen LogP contribution is 2.30. The first-order valence-corrected chi connectivity index (χ1v) is 8.16. The van der Waals surface area contributed by atoms with Crippen LogP contribution in [-0.2, 0) is 22.6 Å². The molecular weight excluding hydrogens is 308 g/mol. The molecule has 0 radical (unpaired) electrons. The molecule has 0 saturated carbocycles. The molecule has 0 amide bonds. The quantitative estimate of drug-likeness (QED) is 0.763. The van der Waals surface area contributed by atoms with Crippen molar-refractivity contribution < 1.29 is 14.6 Å². The van der Waals surface area contributed by atoms with Crippen LogP contribution in [0.2, 0.25) is 0 Å². The second-order valence-electron chi connectivity index (χ2n) is 6.56. The van der Waals surface area contributed by atoms with Gasteiger partial charge in [0, 0.05) is 31.4 Å². The number of hydrogen-bond acceptors (Lipinski definition) is 6. The highest BCUT2D eigenvalue weighted by atomic mass is 16.5. The number of aliphatic hydroxyl groups is 1. The number of nitrogens with two attached hydrogens (primary N) is 1. The van der Waals surface area contributed by atoms with Crippen LogP contribution in [0, 0.1) is 19.3 Å². The normalized spacial score (nSPS) is 14.2. The Kier molecular flexibility index (Phi) is 5.79. The number of anilines is 1. The van der Waals surface area contributed by atoms with Gasteiger partial charge in [-0.2, -0.15) is 0 Å². The van der Waals surface area contributed by atoms with Gasteiger partial charge in [0.1, 0.15) is 17.9 Å². The second-order valence-corrected chi connectivity index (χ2v) is 6.56. The Labute approximate surface area is 142 Å². The van der Waals surface area contributed by atoms with Crippen molar-refractivity contribution in [1.29, 1.82) is 0 Å². The summed E-state index contributed by atoms with van der Waals surface area (Å²) >= 11 is 0. The van der Waals surface area contributed by atoms with Gasteiger partial charge in [-0.25, -0.2) is 9.97 Å². The molecule has 7 heteroatoms. The van der Waals surface area contributed by atoms with Crippen LogP contribution in [0.25, 0.3) is 11.0 Å². The number of hydrogen-bond donors (Lipinski definition) is 2. The lowest BCUT2D eigenvalue weighted by Crippen LogP contribution is -2.33. The summed E-state index contributed by atoms with van der Waals surface area (Å²) in [5.41, 5.74) is 9.21. The number of aryl methyl sites for hydroxylation is 2. The first kappa shape index (κ1) is 18.6. The number of imidazole rings is 1. The molecule has 24 heavy (non-hydrogen) atoms. The number of rotatable bonds is 8. The second kappa shape index (κ2) is 7.46. The van der Waals surface area contributed by atoms with E-state index in [0.717, 1.165) is 22.6 Å². The molecule has 0 aliphatic carbocycles. The largest absolute Gasteiger partial charge is 0.396 e. The molecule has 2 rings (SSSR count). The Morgan fingerprint density at radius 3 is 2.58 bits per heavy atom. The summed E-state index contributed by atoms with van der Waals surface area (Å²) in [6, 6.07) is 0. The lowest BCUT2D eigenvalue weighted by atomic mass is 9.92. The predicted molar refractivity (Wildman–Crippen MR) is 93.8 cm³/mol. The summed E-state index contributed by atoms with van der Waals surface area (Å²) in [6.45, 7) is 9.87. The summed E-state index contributed by atoms with van der Waals surface area (Å²) < 4.78 is 12.9. The van der Waals surface area contributed by atoms with Crippen LogP contribution in [0.5, 0.6) is 0 Å². The number of methoxy groups -OCH3 is 1. The maximum absolute atomic E-state index is 9.85. The van der Waals surface area contributed by atoms with Crippen molar-refractivity contribution in [2.45, 2.75) is 40.8 Å². The van der Waals surface area contributed by atoms with Crippen molar-refractivity contribution in [2.24, 2.45) is 5.41 Å². The Morgan fingerprint density at radius 2 is 2.00 bits per heavy atom. The van der Waals surface area contributed by atoms with Gasteiger partial charge < -0.3 is 24.9 Å². The van der Waals surface area contributed by atoms with E-state index in [1.54, 1.807) is 7.11 Å². The smallest absolute Gasteiger partial charge is 0.151 e. The van der Waals surface area contributed by atoms with E-state index in [1.807, 2.05) is 27.7 Å². The van der Waals surface area contributed by atoms with Crippen molar-refractivity contribution in [1.82, 2.24) is 14.5 Å². The Morgan fingerprint density at radius 1 is 1.29 bits per heavy atom. The summed E-state index contributed by atoms with van der Waals surface area (Å²) in [5, 5.41) is 9.85. The van der Waals surface area contributed by atoms with Gasteiger partial charge in [-0.3, -0.25) is 0 Å².